The maximum atomic E-state index is 12.5. The number of carbonyl (C=O) groups excluding carboxylic acids is 2. The van der Waals surface area contributed by atoms with E-state index in [1.54, 1.807) is 48.8 Å². The zero-order valence-corrected chi connectivity index (χ0v) is 13.8. The van der Waals surface area contributed by atoms with Gasteiger partial charge in [-0.3, -0.25) is 14.7 Å². The molecule has 0 bridgehead atoms. The molecule has 1 fully saturated rings. The Balaban J connectivity index is 1.67. The number of nitrogens with zero attached hydrogens (tertiary/aromatic N) is 2. The van der Waals surface area contributed by atoms with E-state index >= 15 is 0 Å². The van der Waals surface area contributed by atoms with Crippen molar-refractivity contribution >= 4 is 17.7 Å². The number of rotatable bonds is 4. The monoisotopic (exact) mass is 341 g/mol. The second-order valence-corrected chi connectivity index (χ2v) is 5.62. The number of anilines is 1. The molecule has 0 radical (unpaired) electrons. The van der Waals surface area contributed by atoms with Crippen molar-refractivity contribution in [3.63, 3.8) is 0 Å². The lowest BCUT2D eigenvalue weighted by atomic mass is 10.2. The highest BCUT2D eigenvalue weighted by atomic mass is 16.5. The SMILES string of the molecule is COC(=O)N1CCC[C@H]1C(=O)Nc1cccc(Oc2ccncc2)c1. The van der Waals surface area contributed by atoms with Crippen molar-refractivity contribution in [2.75, 3.05) is 19.0 Å². The van der Waals surface area contributed by atoms with Crippen LogP contribution < -0.4 is 10.1 Å². The van der Waals surface area contributed by atoms with Crippen LogP contribution in [0.25, 0.3) is 0 Å². The molecular formula is C18H19N3O4. The smallest absolute Gasteiger partial charge is 0.410 e. The number of methoxy groups -OCH3 is 1. The van der Waals surface area contributed by atoms with E-state index in [0.29, 0.717) is 30.2 Å². The highest BCUT2D eigenvalue weighted by Crippen LogP contribution is 2.25. The second kappa shape index (κ2) is 7.65. The number of carbonyl (C=O) groups is 2. The molecular weight excluding hydrogens is 322 g/mol. The molecule has 2 heterocycles. The summed E-state index contributed by atoms with van der Waals surface area (Å²) in [5, 5.41) is 2.84. The van der Waals surface area contributed by atoms with E-state index in [9.17, 15) is 9.59 Å². The molecule has 1 aliphatic rings. The molecule has 3 rings (SSSR count). The lowest BCUT2D eigenvalue weighted by Crippen LogP contribution is -2.43. The Morgan fingerprint density at radius 1 is 1.20 bits per heavy atom. The zero-order valence-electron chi connectivity index (χ0n) is 13.8. The van der Waals surface area contributed by atoms with Crippen LogP contribution in [0.4, 0.5) is 10.5 Å². The lowest BCUT2D eigenvalue weighted by Gasteiger charge is -2.22. The van der Waals surface area contributed by atoms with E-state index in [-0.39, 0.29) is 5.91 Å². The summed E-state index contributed by atoms with van der Waals surface area (Å²) in [7, 11) is 1.32. The van der Waals surface area contributed by atoms with Gasteiger partial charge >= 0.3 is 6.09 Å². The molecule has 1 saturated heterocycles. The topological polar surface area (TPSA) is 80.8 Å². The van der Waals surface area contributed by atoms with Crippen LogP contribution in [-0.4, -0.2) is 41.6 Å². The van der Waals surface area contributed by atoms with Gasteiger partial charge < -0.3 is 14.8 Å². The third kappa shape index (κ3) is 4.06. The average molecular weight is 341 g/mol. The summed E-state index contributed by atoms with van der Waals surface area (Å²) >= 11 is 0. The van der Waals surface area contributed by atoms with Gasteiger partial charge in [0, 0.05) is 30.7 Å². The fourth-order valence-corrected chi connectivity index (χ4v) is 2.78. The lowest BCUT2D eigenvalue weighted by molar-refractivity contribution is -0.119. The fourth-order valence-electron chi connectivity index (χ4n) is 2.78. The highest BCUT2D eigenvalue weighted by Gasteiger charge is 2.34. The Labute approximate surface area is 145 Å². The van der Waals surface area contributed by atoms with Crippen molar-refractivity contribution in [1.29, 1.82) is 0 Å². The first-order chi connectivity index (χ1) is 12.2. The summed E-state index contributed by atoms with van der Waals surface area (Å²) in [5.41, 5.74) is 0.605. The van der Waals surface area contributed by atoms with E-state index in [2.05, 4.69) is 10.3 Å². The van der Waals surface area contributed by atoms with Gasteiger partial charge in [0.05, 0.1) is 7.11 Å². The van der Waals surface area contributed by atoms with E-state index in [1.165, 1.54) is 12.0 Å². The number of ether oxygens (including phenoxy) is 2. The van der Waals surface area contributed by atoms with Crippen LogP contribution >= 0.6 is 0 Å². The number of aromatic nitrogens is 1. The van der Waals surface area contributed by atoms with Crippen LogP contribution in [0.3, 0.4) is 0 Å². The number of hydrogen-bond donors (Lipinski definition) is 1. The van der Waals surface area contributed by atoms with Gasteiger partial charge in [0.15, 0.2) is 0 Å². The molecule has 0 aliphatic carbocycles. The number of benzene rings is 1. The molecule has 2 amide bonds. The standard InChI is InChI=1S/C18H19N3O4/c1-24-18(23)21-11-3-6-16(21)17(22)20-13-4-2-5-15(12-13)25-14-7-9-19-10-8-14/h2,4-5,7-10,12,16H,3,6,11H2,1H3,(H,20,22)/t16-/m0/s1. The number of likely N-dealkylation sites (tertiary alicyclic amines) is 1. The molecule has 0 saturated carbocycles. The van der Waals surface area contributed by atoms with Gasteiger partial charge in [-0.15, -0.1) is 0 Å². The molecule has 0 spiro atoms. The molecule has 7 heteroatoms. The van der Waals surface area contributed by atoms with Crippen LogP contribution in [0.15, 0.2) is 48.8 Å². The first-order valence-electron chi connectivity index (χ1n) is 8.01. The fraction of sp³-hybridized carbons (Fsp3) is 0.278. The molecule has 1 aromatic carbocycles. The first kappa shape index (κ1) is 16.8. The Morgan fingerprint density at radius 2 is 2.00 bits per heavy atom. The summed E-state index contributed by atoms with van der Waals surface area (Å²) in [5.74, 6) is 1.02. The number of pyridine rings is 1. The summed E-state index contributed by atoms with van der Waals surface area (Å²) < 4.78 is 10.5. The van der Waals surface area contributed by atoms with Gasteiger partial charge in [-0.25, -0.2) is 4.79 Å². The maximum absolute atomic E-state index is 12.5. The van der Waals surface area contributed by atoms with E-state index < -0.39 is 12.1 Å². The third-order valence-electron chi connectivity index (χ3n) is 3.95. The van der Waals surface area contributed by atoms with E-state index in [0.717, 1.165) is 6.42 Å². The minimum Gasteiger partial charge on any atom is -0.457 e. The molecule has 2 aromatic rings. The zero-order chi connectivity index (χ0) is 17.6. The van der Waals surface area contributed by atoms with Crippen molar-refractivity contribution in [2.45, 2.75) is 18.9 Å². The normalized spacial score (nSPS) is 16.4. The molecule has 1 aliphatic heterocycles. The van der Waals surface area contributed by atoms with E-state index in [4.69, 9.17) is 9.47 Å². The minimum atomic E-state index is -0.516. The Morgan fingerprint density at radius 3 is 2.76 bits per heavy atom. The molecule has 130 valence electrons. The largest absolute Gasteiger partial charge is 0.457 e. The van der Waals surface area contributed by atoms with Crippen LogP contribution in [0, 0.1) is 0 Å². The molecule has 7 nitrogen and oxygen atoms in total. The van der Waals surface area contributed by atoms with Crippen molar-refractivity contribution < 1.29 is 19.1 Å². The molecule has 0 unspecified atom stereocenters. The summed E-state index contributed by atoms with van der Waals surface area (Å²) in [6, 6.07) is 10.1. The summed E-state index contributed by atoms with van der Waals surface area (Å²) in [6.07, 6.45) is 4.20. The predicted octanol–water partition coefficient (Wildman–Crippen LogP) is 3.04. The second-order valence-electron chi connectivity index (χ2n) is 5.62. The average Bonchev–Trinajstić information content (AvgIpc) is 3.12. The Hall–Kier alpha value is -3.09. The van der Waals surface area contributed by atoms with Gasteiger partial charge in [0.25, 0.3) is 0 Å². The van der Waals surface area contributed by atoms with Crippen molar-refractivity contribution in [2.24, 2.45) is 0 Å². The number of amides is 2. The number of nitrogens with one attached hydrogen (secondary N) is 1. The van der Waals surface area contributed by atoms with Crippen molar-refractivity contribution in [3.05, 3.63) is 48.8 Å². The Kier molecular flexibility index (Phi) is 5.13. The van der Waals surface area contributed by atoms with Crippen LogP contribution in [0.1, 0.15) is 12.8 Å². The summed E-state index contributed by atoms with van der Waals surface area (Å²) in [4.78, 5) is 29.6. The molecule has 25 heavy (non-hydrogen) atoms. The van der Waals surface area contributed by atoms with Crippen molar-refractivity contribution in [1.82, 2.24) is 9.88 Å². The minimum absolute atomic E-state index is 0.232. The van der Waals surface area contributed by atoms with Gasteiger partial charge in [0.2, 0.25) is 5.91 Å². The van der Waals surface area contributed by atoms with Gasteiger partial charge in [0.1, 0.15) is 17.5 Å². The highest BCUT2D eigenvalue weighted by molar-refractivity contribution is 5.97. The first-order valence-corrected chi connectivity index (χ1v) is 8.01. The predicted molar refractivity (Wildman–Crippen MR) is 91.5 cm³/mol. The van der Waals surface area contributed by atoms with Crippen LogP contribution in [0.5, 0.6) is 11.5 Å². The van der Waals surface area contributed by atoms with Crippen LogP contribution in [0.2, 0.25) is 0 Å². The Bertz CT molecular complexity index is 751. The van der Waals surface area contributed by atoms with Gasteiger partial charge in [-0.2, -0.15) is 0 Å². The number of hydrogen-bond acceptors (Lipinski definition) is 5. The van der Waals surface area contributed by atoms with Crippen LogP contribution in [-0.2, 0) is 9.53 Å². The van der Waals surface area contributed by atoms with E-state index in [1.807, 2.05) is 0 Å². The molecule has 1 N–H and O–H groups in total. The van der Waals surface area contributed by atoms with Gasteiger partial charge in [-0.1, -0.05) is 6.07 Å². The van der Waals surface area contributed by atoms with Crippen molar-refractivity contribution in [3.8, 4) is 11.5 Å². The third-order valence-corrected chi connectivity index (χ3v) is 3.95. The summed E-state index contributed by atoms with van der Waals surface area (Å²) in [6.45, 7) is 0.524. The van der Waals surface area contributed by atoms with Gasteiger partial charge in [-0.05, 0) is 37.1 Å². The molecule has 1 atom stereocenters. The quantitative estimate of drug-likeness (QED) is 0.924. The molecule has 1 aromatic heterocycles. The maximum Gasteiger partial charge on any atom is 0.410 e.